The Morgan fingerprint density at radius 1 is 1.36 bits per heavy atom. The normalized spacial score (nSPS) is 12.5. The first-order valence-electron chi connectivity index (χ1n) is 7.44. The second-order valence-corrected chi connectivity index (χ2v) is 6.71. The van der Waals surface area contributed by atoms with Gasteiger partial charge in [0.2, 0.25) is 10.0 Å². The summed E-state index contributed by atoms with van der Waals surface area (Å²) in [5.41, 5.74) is 6.06. The molecule has 0 unspecified atom stereocenters. The molecule has 126 valence electrons. The minimum absolute atomic E-state index is 0.204. The van der Waals surface area contributed by atoms with E-state index in [1.165, 1.54) is 25.2 Å². The van der Waals surface area contributed by atoms with Crippen LogP contribution in [-0.2, 0) is 15.8 Å². The first-order chi connectivity index (χ1) is 10.5. The van der Waals surface area contributed by atoms with Crippen molar-refractivity contribution in [3.05, 3.63) is 18.0 Å². The van der Waals surface area contributed by atoms with E-state index in [0.717, 1.165) is 12.8 Å². The molecule has 0 fully saturated rings. The molecule has 0 amide bonds. The Hall–Kier alpha value is -1.61. The summed E-state index contributed by atoms with van der Waals surface area (Å²) in [6.07, 6.45) is 5.89. The number of nitrogens with one attached hydrogen (secondary N) is 2. The van der Waals surface area contributed by atoms with E-state index in [1.54, 1.807) is 0 Å². The van der Waals surface area contributed by atoms with Crippen LogP contribution in [-0.4, -0.2) is 39.2 Å². The summed E-state index contributed by atoms with van der Waals surface area (Å²) < 4.78 is 30.5. The largest absolute Gasteiger partial charge is 0.370 e. The topological polar surface area (TPSA) is 123 Å². The van der Waals surface area contributed by atoms with Crippen LogP contribution in [0.2, 0.25) is 0 Å². The summed E-state index contributed by atoms with van der Waals surface area (Å²) in [7, 11) is -3.42. The van der Waals surface area contributed by atoms with Gasteiger partial charge in [-0.3, -0.25) is 4.99 Å². The number of nitrogens with two attached hydrogens (primary N) is 1. The molecule has 0 atom stereocenters. The zero-order valence-corrected chi connectivity index (χ0v) is 13.7. The Bertz CT molecular complexity index is 528. The molecule has 0 aliphatic carbocycles. The molecular weight excluding hydrogens is 306 g/mol. The average Bonchev–Trinajstić information content (AvgIpc) is 2.95. The summed E-state index contributed by atoms with van der Waals surface area (Å²) in [4.78, 5) is 4.17. The van der Waals surface area contributed by atoms with Crippen LogP contribution in [0.3, 0.4) is 0 Å². The molecule has 0 radical (unpaired) electrons. The van der Waals surface area contributed by atoms with Crippen LogP contribution in [0.15, 0.2) is 21.8 Å². The van der Waals surface area contributed by atoms with E-state index in [1.807, 2.05) is 0 Å². The van der Waals surface area contributed by atoms with Crippen LogP contribution in [0.25, 0.3) is 0 Å². The molecule has 9 heteroatoms. The van der Waals surface area contributed by atoms with Crippen LogP contribution < -0.4 is 15.8 Å². The molecule has 8 nitrogen and oxygen atoms in total. The van der Waals surface area contributed by atoms with Crippen LogP contribution in [0.5, 0.6) is 0 Å². The van der Waals surface area contributed by atoms with Gasteiger partial charge >= 0.3 is 0 Å². The van der Waals surface area contributed by atoms with Crippen molar-refractivity contribution in [1.29, 1.82) is 0 Å². The highest BCUT2D eigenvalue weighted by molar-refractivity contribution is 7.88. The first kappa shape index (κ1) is 18.4. The fourth-order valence-electron chi connectivity index (χ4n) is 1.75. The van der Waals surface area contributed by atoms with Gasteiger partial charge in [-0.2, -0.15) is 0 Å². The van der Waals surface area contributed by atoms with Gasteiger partial charge in [-0.05, 0) is 6.42 Å². The SMILES string of the molecule is CCCCCCN=C(N)NCCNS(=O)(=O)Cc1ccon1. The quantitative estimate of drug-likeness (QED) is 0.310. The predicted octanol–water partition coefficient (Wildman–Crippen LogP) is 0.579. The number of aromatic nitrogens is 1. The van der Waals surface area contributed by atoms with Gasteiger partial charge in [-0.25, -0.2) is 13.1 Å². The average molecular weight is 331 g/mol. The minimum Gasteiger partial charge on any atom is -0.370 e. The van der Waals surface area contributed by atoms with Gasteiger partial charge < -0.3 is 15.6 Å². The maximum atomic E-state index is 11.7. The molecule has 1 heterocycles. The molecular formula is C13H25N5O3S. The maximum absolute atomic E-state index is 11.7. The molecule has 0 saturated carbocycles. The van der Waals surface area contributed by atoms with Crippen molar-refractivity contribution in [2.45, 2.75) is 38.4 Å². The fraction of sp³-hybridized carbons (Fsp3) is 0.692. The number of guanidine groups is 1. The summed E-state index contributed by atoms with van der Waals surface area (Å²) >= 11 is 0. The van der Waals surface area contributed by atoms with Crippen molar-refractivity contribution in [2.75, 3.05) is 19.6 Å². The summed E-state index contributed by atoms with van der Waals surface area (Å²) in [6, 6.07) is 1.51. The fourth-order valence-corrected chi connectivity index (χ4v) is 2.80. The lowest BCUT2D eigenvalue weighted by Gasteiger charge is -2.07. The second kappa shape index (κ2) is 10.2. The zero-order valence-electron chi connectivity index (χ0n) is 12.9. The maximum Gasteiger partial charge on any atom is 0.217 e. The van der Waals surface area contributed by atoms with Crippen LogP contribution in [0, 0.1) is 0 Å². The van der Waals surface area contributed by atoms with Crippen molar-refractivity contribution >= 4 is 16.0 Å². The molecule has 0 saturated heterocycles. The number of hydrogen-bond donors (Lipinski definition) is 3. The van der Waals surface area contributed by atoms with Crippen molar-refractivity contribution in [3.8, 4) is 0 Å². The van der Waals surface area contributed by atoms with Gasteiger partial charge in [-0.15, -0.1) is 0 Å². The van der Waals surface area contributed by atoms with Gasteiger partial charge in [-0.1, -0.05) is 31.3 Å². The number of sulfonamides is 1. The lowest BCUT2D eigenvalue weighted by Crippen LogP contribution is -2.38. The summed E-state index contributed by atoms with van der Waals surface area (Å²) in [5.74, 6) is 0.136. The van der Waals surface area contributed by atoms with Gasteiger partial charge in [0, 0.05) is 25.7 Å². The summed E-state index contributed by atoms with van der Waals surface area (Å²) in [6.45, 7) is 3.45. The Morgan fingerprint density at radius 3 is 2.86 bits per heavy atom. The van der Waals surface area contributed by atoms with Gasteiger partial charge in [0.25, 0.3) is 0 Å². The summed E-state index contributed by atoms with van der Waals surface area (Å²) in [5, 5.41) is 6.44. The molecule has 0 aliphatic rings. The van der Waals surface area contributed by atoms with E-state index < -0.39 is 10.0 Å². The third kappa shape index (κ3) is 8.63. The Kier molecular flexibility index (Phi) is 8.53. The molecule has 0 spiro atoms. The lowest BCUT2D eigenvalue weighted by atomic mass is 10.2. The van der Waals surface area contributed by atoms with Crippen molar-refractivity contribution < 1.29 is 12.9 Å². The van der Waals surface area contributed by atoms with E-state index in [0.29, 0.717) is 24.7 Å². The highest BCUT2D eigenvalue weighted by Crippen LogP contribution is 2.00. The van der Waals surface area contributed by atoms with E-state index in [4.69, 9.17) is 5.73 Å². The van der Waals surface area contributed by atoms with Crippen LogP contribution in [0.1, 0.15) is 38.3 Å². The molecule has 4 N–H and O–H groups in total. The van der Waals surface area contributed by atoms with Crippen molar-refractivity contribution in [2.24, 2.45) is 10.7 Å². The van der Waals surface area contributed by atoms with E-state index in [2.05, 4.69) is 31.6 Å². The third-order valence-corrected chi connectivity index (χ3v) is 4.20. The molecule has 22 heavy (non-hydrogen) atoms. The number of hydrogen-bond acceptors (Lipinski definition) is 5. The van der Waals surface area contributed by atoms with Crippen LogP contribution in [0.4, 0.5) is 0 Å². The number of rotatable bonds is 11. The third-order valence-electron chi connectivity index (χ3n) is 2.88. The second-order valence-electron chi connectivity index (χ2n) is 4.90. The minimum atomic E-state index is -3.42. The monoisotopic (exact) mass is 331 g/mol. The Balaban J connectivity index is 2.14. The van der Waals surface area contributed by atoms with Gasteiger partial charge in [0.05, 0.1) is 5.69 Å². The van der Waals surface area contributed by atoms with E-state index >= 15 is 0 Å². The molecule has 1 aromatic rings. The molecule has 0 aliphatic heterocycles. The number of unbranched alkanes of at least 4 members (excludes halogenated alkanes) is 3. The van der Waals surface area contributed by atoms with Gasteiger partial charge in [0.15, 0.2) is 5.96 Å². The first-order valence-corrected chi connectivity index (χ1v) is 9.09. The molecule has 0 aromatic carbocycles. The number of nitrogens with zero attached hydrogens (tertiary/aromatic N) is 2. The van der Waals surface area contributed by atoms with Gasteiger partial charge in [0.1, 0.15) is 12.0 Å². The molecule has 1 rings (SSSR count). The van der Waals surface area contributed by atoms with Crippen molar-refractivity contribution in [3.63, 3.8) is 0 Å². The highest BCUT2D eigenvalue weighted by atomic mass is 32.2. The zero-order chi connectivity index (χ0) is 16.3. The highest BCUT2D eigenvalue weighted by Gasteiger charge is 2.12. The molecule has 0 bridgehead atoms. The van der Waals surface area contributed by atoms with Crippen LogP contribution >= 0.6 is 0 Å². The number of aliphatic imine (C=N–C) groups is 1. The smallest absolute Gasteiger partial charge is 0.217 e. The standard InChI is InChI=1S/C13H25N5O3S/c1-2-3-4-5-7-15-13(14)16-8-9-17-22(19,20)11-12-6-10-21-18-12/h6,10,17H,2-5,7-9,11H2,1H3,(H3,14,15,16). The van der Waals surface area contributed by atoms with E-state index in [9.17, 15) is 8.42 Å². The van der Waals surface area contributed by atoms with Crippen molar-refractivity contribution in [1.82, 2.24) is 15.2 Å². The lowest BCUT2D eigenvalue weighted by molar-refractivity contribution is 0.413. The molecule has 1 aromatic heterocycles. The Labute approximate surface area is 131 Å². The Morgan fingerprint density at radius 2 is 2.18 bits per heavy atom. The predicted molar refractivity (Wildman–Crippen MR) is 85.8 cm³/mol. The van der Waals surface area contributed by atoms with E-state index in [-0.39, 0.29) is 12.3 Å².